The highest BCUT2D eigenvalue weighted by atomic mass is 32.2. The van der Waals surface area contributed by atoms with Crippen molar-refractivity contribution in [3.8, 4) is 0 Å². The Morgan fingerprint density at radius 3 is 2.08 bits per heavy atom. The Bertz CT molecular complexity index is 1340. The summed E-state index contributed by atoms with van der Waals surface area (Å²) in [6.07, 6.45) is 2.46. The highest BCUT2D eigenvalue weighted by Crippen LogP contribution is 2.20. The number of rotatable bonds is 14. The maximum absolute atomic E-state index is 13.8. The summed E-state index contributed by atoms with van der Waals surface area (Å²) in [6, 6.07) is 23.2. The zero-order valence-corrected chi connectivity index (χ0v) is 24.1. The largest absolute Gasteiger partial charge is 0.352 e. The molecule has 0 unspecified atom stereocenters. The van der Waals surface area contributed by atoms with E-state index >= 15 is 0 Å². The van der Waals surface area contributed by atoms with Gasteiger partial charge in [0.2, 0.25) is 21.8 Å². The summed E-state index contributed by atoms with van der Waals surface area (Å²) in [4.78, 5) is 28.9. The van der Waals surface area contributed by atoms with Crippen LogP contribution in [0.1, 0.15) is 44.2 Å². The van der Waals surface area contributed by atoms with Crippen molar-refractivity contribution in [2.24, 2.45) is 0 Å². The van der Waals surface area contributed by atoms with Crippen LogP contribution in [0.4, 0.5) is 10.1 Å². The van der Waals surface area contributed by atoms with Crippen molar-refractivity contribution in [2.45, 2.75) is 58.2 Å². The van der Waals surface area contributed by atoms with Crippen LogP contribution < -0.4 is 9.62 Å². The van der Waals surface area contributed by atoms with Gasteiger partial charge in [-0.1, -0.05) is 67.6 Å². The third-order valence-corrected chi connectivity index (χ3v) is 7.93. The number of carbonyl (C=O) groups excluding carboxylic acids is 2. The van der Waals surface area contributed by atoms with E-state index in [2.05, 4.69) is 5.32 Å². The maximum Gasteiger partial charge on any atom is 0.243 e. The number of nitrogens with zero attached hydrogens (tertiary/aromatic N) is 2. The fraction of sp³-hybridized carbons (Fsp3) is 0.355. The van der Waals surface area contributed by atoms with Gasteiger partial charge >= 0.3 is 0 Å². The topological polar surface area (TPSA) is 86.8 Å². The third kappa shape index (κ3) is 9.19. The lowest BCUT2D eigenvalue weighted by molar-refractivity contribution is -0.141. The lowest BCUT2D eigenvalue weighted by atomic mass is 10.0. The first-order valence-corrected chi connectivity index (χ1v) is 15.3. The average Bonchev–Trinajstić information content (AvgIpc) is 2.94. The molecule has 3 aromatic rings. The monoisotopic (exact) mass is 567 g/mol. The van der Waals surface area contributed by atoms with E-state index in [4.69, 9.17) is 0 Å². The van der Waals surface area contributed by atoms with Gasteiger partial charge in [0.1, 0.15) is 11.9 Å². The van der Waals surface area contributed by atoms with Gasteiger partial charge in [0.25, 0.3) is 0 Å². The number of hydrogen-bond acceptors (Lipinski definition) is 4. The SMILES string of the molecule is CC[C@H](C)NC(=O)[C@H](Cc1ccccc1)N(Cc1ccc(F)cc1)C(=O)CCCN(c1ccccc1)S(C)(=O)=O. The predicted octanol–water partition coefficient (Wildman–Crippen LogP) is 4.93. The minimum atomic E-state index is -3.57. The minimum Gasteiger partial charge on any atom is -0.352 e. The first kappa shape index (κ1) is 30.8. The molecule has 0 aliphatic carbocycles. The minimum absolute atomic E-state index is 0.0297. The second-order valence-corrected chi connectivity index (χ2v) is 11.9. The van der Waals surface area contributed by atoms with Crippen molar-refractivity contribution in [3.05, 3.63) is 102 Å². The molecule has 2 atom stereocenters. The van der Waals surface area contributed by atoms with E-state index in [0.717, 1.165) is 18.2 Å². The van der Waals surface area contributed by atoms with Crippen molar-refractivity contribution >= 4 is 27.5 Å². The molecule has 0 aromatic heterocycles. The highest BCUT2D eigenvalue weighted by molar-refractivity contribution is 7.92. The summed E-state index contributed by atoms with van der Waals surface area (Å²) in [5.41, 5.74) is 2.11. The number of sulfonamides is 1. The number of para-hydroxylation sites is 1. The molecule has 0 saturated carbocycles. The Morgan fingerprint density at radius 1 is 0.900 bits per heavy atom. The molecule has 3 aromatic carbocycles. The lowest BCUT2D eigenvalue weighted by Crippen LogP contribution is -2.52. The van der Waals surface area contributed by atoms with E-state index in [9.17, 15) is 22.4 Å². The van der Waals surface area contributed by atoms with Crippen molar-refractivity contribution in [3.63, 3.8) is 0 Å². The smallest absolute Gasteiger partial charge is 0.243 e. The zero-order valence-electron chi connectivity index (χ0n) is 23.3. The van der Waals surface area contributed by atoms with Gasteiger partial charge in [0.05, 0.1) is 11.9 Å². The van der Waals surface area contributed by atoms with Crippen LogP contribution in [0.3, 0.4) is 0 Å². The van der Waals surface area contributed by atoms with E-state index in [1.807, 2.05) is 44.2 Å². The van der Waals surface area contributed by atoms with Gasteiger partial charge in [-0.2, -0.15) is 0 Å². The molecule has 0 fully saturated rings. The van der Waals surface area contributed by atoms with Gasteiger partial charge in [-0.15, -0.1) is 0 Å². The average molecular weight is 568 g/mol. The Balaban J connectivity index is 1.88. The van der Waals surface area contributed by atoms with E-state index in [1.54, 1.807) is 42.5 Å². The fourth-order valence-corrected chi connectivity index (χ4v) is 5.35. The molecular formula is C31H38FN3O4S. The molecule has 214 valence electrons. The number of amides is 2. The quantitative estimate of drug-likeness (QED) is 0.299. The summed E-state index contributed by atoms with van der Waals surface area (Å²) in [6.45, 7) is 4.10. The molecule has 40 heavy (non-hydrogen) atoms. The Kier molecular flexibility index (Phi) is 11.3. The normalized spacial score (nSPS) is 12.8. The van der Waals surface area contributed by atoms with Gasteiger partial charge in [-0.25, -0.2) is 12.8 Å². The van der Waals surface area contributed by atoms with Crippen LogP contribution in [-0.2, 0) is 32.6 Å². The van der Waals surface area contributed by atoms with E-state index in [0.29, 0.717) is 17.7 Å². The molecule has 3 rings (SSSR count). The van der Waals surface area contributed by atoms with Crippen LogP contribution in [-0.4, -0.2) is 50.0 Å². The Morgan fingerprint density at radius 2 is 1.50 bits per heavy atom. The van der Waals surface area contributed by atoms with Gasteiger partial charge < -0.3 is 10.2 Å². The van der Waals surface area contributed by atoms with Crippen molar-refractivity contribution in [2.75, 3.05) is 17.1 Å². The number of halogens is 1. The molecule has 1 N–H and O–H groups in total. The summed E-state index contributed by atoms with van der Waals surface area (Å²) in [5.74, 6) is -0.944. The lowest BCUT2D eigenvalue weighted by Gasteiger charge is -2.32. The number of nitrogens with one attached hydrogen (secondary N) is 1. The Hall–Kier alpha value is -3.72. The van der Waals surface area contributed by atoms with Gasteiger partial charge in [-0.3, -0.25) is 13.9 Å². The number of anilines is 1. The molecule has 0 aliphatic rings. The second-order valence-electron chi connectivity index (χ2n) is 9.95. The van der Waals surface area contributed by atoms with Crippen LogP contribution in [0.2, 0.25) is 0 Å². The second kappa shape index (κ2) is 14.6. The third-order valence-electron chi connectivity index (χ3n) is 6.73. The number of hydrogen-bond donors (Lipinski definition) is 1. The summed E-state index contributed by atoms with van der Waals surface area (Å²) < 4.78 is 39.9. The van der Waals surface area contributed by atoms with Crippen LogP contribution in [0.25, 0.3) is 0 Å². The molecular weight excluding hydrogens is 529 g/mol. The molecule has 0 radical (unpaired) electrons. The van der Waals surface area contributed by atoms with Gasteiger partial charge in [0, 0.05) is 32.0 Å². The van der Waals surface area contributed by atoms with Crippen LogP contribution in [0.5, 0.6) is 0 Å². The molecule has 0 heterocycles. The van der Waals surface area contributed by atoms with Crippen LogP contribution in [0.15, 0.2) is 84.9 Å². The predicted molar refractivity (Wildman–Crippen MR) is 157 cm³/mol. The molecule has 2 amide bonds. The standard InChI is InChI=1S/C31H38FN3O4S/c1-4-24(2)33-31(37)29(22-25-12-7-5-8-13-25)34(23-26-17-19-27(32)20-18-26)30(36)16-11-21-35(40(3,38)39)28-14-9-6-10-15-28/h5-10,12-15,17-20,24,29H,4,11,16,21-23H2,1-3H3,(H,33,37)/t24-,29-/m0/s1. The van der Waals surface area contributed by atoms with Gasteiger partial charge in [-0.05, 0) is 55.2 Å². The summed E-state index contributed by atoms with van der Waals surface area (Å²) in [7, 11) is -3.57. The maximum atomic E-state index is 13.8. The van der Waals surface area contributed by atoms with E-state index in [-0.39, 0.29) is 43.8 Å². The molecule has 0 spiro atoms. The molecule has 9 heteroatoms. The number of carbonyl (C=O) groups is 2. The van der Waals surface area contributed by atoms with Crippen molar-refractivity contribution < 1.29 is 22.4 Å². The number of benzene rings is 3. The first-order chi connectivity index (χ1) is 19.1. The van der Waals surface area contributed by atoms with E-state index < -0.39 is 21.9 Å². The highest BCUT2D eigenvalue weighted by Gasteiger charge is 2.31. The zero-order chi connectivity index (χ0) is 29.1. The molecule has 0 saturated heterocycles. The first-order valence-electron chi connectivity index (χ1n) is 13.5. The van der Waals surface area contributed by atoms with E-state index in [1.165, 1.54) is 21.3 Å². The summed E-state index contributed by atoms with van der Waals surface area (Å²) in [5, 5.41) is 3.02. The van der Waals surface area contributed by atoms with Crippen molar-refractivity contribution in [1.82, 2.24) is 10.2 Å². The molecule has 7 nitrogen and oxygen atoms in total. The summed E-state index contributed by atoms with van der Waals surface area (Å²) >= 11 is 0. The fourth-order valence-electron chi connectivity index (χ4n) is 4.38. The van der Waals surface area contributed by atoms with Crippen LogP contribution in [0, 0.1) is 5.82 Å². The van der Waals surface area contributed by atoms with Gasteiger partial charge in [0.15, 0.2) is 0 Å². The molecule has 0 bridgehead atoms. The molecule has 0 aliphatic heterocycles. The van der Waals surface area contributed by atoms with Crippen LogP contribution >= 0.6 is 0 Å². The van der Waals surface area contributed by atoms with Crippen molar-refractivity contribution in [1.29, 1.82) is 0 Å². The Labute approximate surface area is 237 Å².